The van der Waals surface area contributed by atoms with Gasteiger partial charge in [0.2, 0.25) is 0 Å². The standard InChI is InChI=1S/C19H24ClN5O/c1-26-16-8-7-14(20)11-15(16)25-19-17(21)18(23-12-24-19)22-10-9-13-5-3-2-4-6-13/h5,7-8,11-12H,2-4,6,9-10,21H2,1H3,(H2,22,23,24,25). The van der Waals surface area contributed by atoms with Crippen molar-refractivity contribution in [2.75, 3.05) is 30.0 Å². The van der Waals surface area contributed by atoms with Crippen molar-refractivity contribution in [2.45, 2.75) is 32.1 Å². The molecule has 1 aromatic heterocycles. The first kappa shape index (κ1) is 18.3. The van der Waals surface area contributed by atoms with Crippen LogP contribution < -0.4 is 21.1 Å². The minimum absolute atomic E-state index is 0.465. The fourth-order valence-corrected chi connectivity index (χ4v) is 3.19. The van der Waals surface area contributed by atoms with Gasteiger partial charge in [0, 0.05) is 11.6 Å². The van der Waals surface area contributed by atoms with E-state index in [-0.39, 0.29) is 0 Å². The SMILES string of the molecule is COc1ccc(Cl)cc1Nc1ncnc(NCCC2=CCCCC2)c1N. The van der Waals surface area contributed by atoms with Gasteiger partial charge in [0.15, 0.2) is 11.6 Å². The highest BCUT2D eigenvalue weighted by Crippen LogP contribution is 2.33. The third-order valence-corrected chi connectivity index (χ3v) is 4.66. The molecule has 0 unspecified atom stereocenters. The first-order chi connectivity index (χ1) is 12.7. The second-order valence-corrected chi connectivity index (χ2v) is 6.68. The molecule has 0 atom stereocenters. The van der Waals surface area contributed by atoms with Gasteiger partial charge in [-0.1, -0.05) is 23.3 Å². The molecule has 26 heavy (non-hydrogen) atoms. The molecule has 1 aliphatic rings. The Balaban J connectivity index is 1.69. The van der Waals surface area contributed by atoms with Crippen LogP contribution in [-0.4, -0.2) is 23.6 Å². The van der Waals surface area contributed by atoms with Crippen LogP contribution in [0.4, 0.5) is 23.0 Å². The number of rotatable bonds is 7. The minimum atomic E-state index is 0.465. The number of aromatic nitrogens is 2. The van der Waals surface area contributed by atoms with E-state index in [9.17, 15) is 0 Å². The molecule has 0 fully saturated rings. The molecule has 6 nitrogen and oxygen atoms in total. The highest BCUT2D eigenvalue weighted by atomic mass is 35.5. The van der Waals surface area contributed by atoms with Crippen LogP contribution in [0, 0.1) is 0 Å². The molecular weight excluding hydrogens is 350 g/mol. The Morgan fingerprint density at radius 2 is 2.08 bits per heavy atom. The van der Waals surface area contributed by atoms with E-state index in [1.165, 1.54) is 37.6 Å². The Morgan fingerprint density at radius 3 is 2.85 bits per heavy atom. The Kier molecular flexibility index (Phi) is 6.17. The molecule has 0 saturated heterocycles. The zero-order chi connectivity index (χ0) is 18.4. The Morgan fingerprint density at radius 1 is 1.23 bits per heavy atom. The van der Waals surface area contributed by atoms with Crippen LogP contribution in [0.3, 0.4) is 0 Å². The molecule has 0 aliphatic heterocycles. The lowest BCUT2D eigenvalue weighted by atomic mass is 9.97. The number of allylic oxidation sites excluding steroid dienone is 1. The van der Waals surface area contributed by atoms with Crippen LogP contribution in [0.25, 0.3) is 0 Å². The lowest BCUT2D eigenvalue weighted by Crippen LogP contribution is -2.10. The maximum absolute atomic E-state index is 6.24. The summed E-state index contributed by atoms with van der Waals surface area (Å²) in [7, 11) is 1.60. The smallest absolute Gasteiger partial charge is 0.159 e. The van der Waals surface area contributed by atoms with Gasteiger partial charge < -0.3 is 21.1 Å². The van der Waals surface area contributed by atoms with Gasteiger partial charge in [0.1, 0.15) is 17.8 Å². The number of ether oxygens (including phenoxy) is 1. The van der Waals surface area contributed by atoms with Gasteiger partial charge in [-0.05, 0) is 50.3 Å². The molecule has 2 aromatic rings. The molecule has 0 saturated carbocycles. The molecular formula is C19H24ClN5O. The number of nitrogens with one attached hydrogen (secondary N) is 2. The number of nitrogens with two attached hydrogens (primary N) is 1. The molecule has 1 aromatic carbocycles. The van der Waals surface area contributed by atoms with Crippen molar-refractivity contribution in [3.05, 3.63) is 41.2 Å². The third-order valence-electron chi connectivity index (χ3n) is 4.42. The van der Waals surface area contributed by atoms with E-state index in [2.05, 4.69) is 26.7 Å². The second kappa shape index (κ2) is 8.76. The minimum Gasteiger partial charge on any atom is -0.495 e. The quantitative estimate of drug-likeness (QED) is 0.606. The second-order valence-electron chi connectivity index (χ2n) is 6.24. The molecule has 7 heteroatoms. The first-order valence-electron chi connectivity index (χ1n) is 8.80. The monoisotopic (exact) mass is 373 g/mol. The van der Waals surface area contributed by atoms with E-state index >= 15 is 0 Å². The average molecular weight is 374 g/mol. The van der Waals surface area contributed by atoms with E-state index < -0.39 is 0 Å². The van der Waals surface area contributed by atoms with E-state index in [4.69, 9.17) is 22.1 Å². The van der Waals surface area contributed by atoms with E-state index in [1.807, 2.05) is 0 Å². The van der Waals surface area contributed by atoms with Crippen LogP contribution in [0.5, 0.6) is 5.75 Å². The molecule has 4 N–H and O–H groups in total. The van der Waals surface area contributed by atoms with Crippen LogP contribution in [0.2, 0.25) is 5.02 Å². The third kappa shape index (κ3) is 4.58. The van der Waals surface area contributed by atoms with Crippen molar-refractivity contribution < 1.29 is 4.74 Å². The fourth-order valence-electron chi connectivity index (χ4n) is 3.01. The van der Waals surface area contributed by atoms with Crippen molar-refractivity contribution in [2.24, 2.45) is 0 Å². The summed E-state index contributed by atoms with van der Waals surface area (Å²) in [6.45, 7) is 0.799. The number of nitrogen functional groups attached to an aromatic ring is 1. The van der Waals surface area contributed by atoms with Crippen molar-refractivity contribution >= 4 is 34.6 Å². The summed E-state index contributed by atoms with van der Waals surface area (Å²) in [5, 5.41) is 7.09. The summed E-state index contributed by atoms with van der Waals surface area (Å²) in [5.41, 5.74) is 8.92. The summed E-state index contributed by atoms with van der Waals surface area (Å²) in [6.07, 6.45) is 9.83. The van der Waals surface area contributed by atoms with Gasteiger partial charge in [0.05, 0.1) is 12.8 Å². The number of hydrogen-bond donors (Lipinski definition) is 3. The Labute approximate surface area is 158 Å². The van der Waals surface area contributed by atoms with Crippen molar-refractivity contribution in [1.29, 1.82) is 0 Å². The van der Waals surface area contributed by atoms with Crippen LogP contribution in [0.15, 0.2) is 36.2 Å². The van der Waals surface area contributed by atoms with Crippen LogP contribution in [-0.2, 0) is 0 Å². The largest absolute Gasteiger partial charge is 0.495 e. The molecule has 0 spiro atoms. The van der Waals surface area contributed by atoms with Gasteiger partial charge in [-0.3, -0.25) is 0 Å². The summed E-state index contributed by atoms with van der Waals surface area (Å²) in [4.78, 5) is 8.50. The van der Waals surface area contributed by atoms with Crippen molar-refractivity contribution in [1.82, 2.24) is 9.97 Å². The summed E-state index contributed by atoms with van der Waals surface area (Å²) in [6, 6.07) is 5.32. The van der Waals surface area contributed by atoms with Gasteiger partial charge in [-0.2, -0.15) is 0 Å². The van der Waals surface area contributed by atoms with Crippen LogP contribution >= 0.6 is 11.6 Å². The Hall–Kier alpha value is -2.47. The molecule has 0 radical (unpaired) electrons. The summed E-state index contributed by atoms with van der Waals surface area (Å²) in [5.74, 6) is 1.80. The number of nitrogens with zero attached hydrogens (tertiary/aromatic N) is 2. The predicted molar refractivity (Wildman–Crippen MR) is 107 cm³/mol. The molecule has 0 amide bonds. The number of halogens is 1. The molecule has 138 valence electrons. The molecule has 1 heterocycles. The maximum Gasteiger partial charge on any atom is 0.159 e. The Bertz CT molecular complexity index is 793. The van der Waals surface area contributed by atoms with Crippen molar-refractivity contribution in [3.8, 4) is 5.75 Å². The highest BCUT2D eigenvalue weighted by molar-refractivity contribution is 6.31. The van der Waals surface area contributed by atoms with Gasteiger partial charge in [0.25, 0.3) is 0 Å². The summed E-state index contributed by atoms with van der Waals surface area (Å²) < 4.78 is 5.35. The van der Waals surface area contributed by atoms with E-state index in [1.54, 1.807) is 25.3 Å². The predicted octanol–water partition coefficient (Wildman–Crippen LogP) is 4.77. The molecule has 1 aliphatic carbocycles. The maximum atomic E-state index is 6.24. The number of methoxy groups -OCH3 is 1. The zero-order valence-electron chi connectivity index (χ0n) is 14.9. The number of benzene rings is 1. The van der Waals surface area contributed by atoms with Gasteiger partial charge in [-0.15, -0.1) is 0 Å². The first-order valence-corrected chi connectivity index (χ1v) is 9.18. The van der Waals surface area contributed by atoms with Gasteiger partial charge in [-0.25, -0.2) is 9.97 Å². The average Bonchev–Trinajstić information content (AvgIpc) is 2.66. The van der Waals surface area contributed by atoms with E-state index in [0.717, 1.165) is 13.0 Å². The van der Waals surface area contributed by atoms with Crippen molar-refractivity contribution in [3.63, 3.8) is 0 Å². The van der Waals surface area contributed by atoms with Gasteiger partial charge >= 0.3 is 0 Å². The number of hydrogen-bond acceptors (Lipinski definition) is 6. The summed E-state index contributed by atoms with van der Waals surface area (Å²) >= 11 is 6.08. The van der Waals surface area contributed by atoms with E-state index in [0.29, 0.717) is 33.8 Å². The van der Waals surface area contributed by atoms with Crippen LogP contribution in [0.1, 0.15) is 32.1 Å². The fraction of sp³-hybridized carbons (Fsp3) is 0.368. The normalized spacial score (nSPS) is 13.8. The molecule has 3 rings (SSSR count). The number of anilines is 4. The molecule has 0 bridgehead atoms. The zero-order valence-corrected chi connectivity index (χ0v) is 15.6. The lowest BCUT2D eigenvalue weighted by molar-refractivity contribution is 0.417. The highest BCUT2D eigenvalue weighted by Gasteiger charge is 2.11. The topological polar surface area (TPSA) is 85.1 Å². The lowest BCUT2D eigenvalue weighted by Gasteiger charge is -2.16.